The van der Waals surface area contributed by atoms with E-state index in [1.807, 2.05) is 21.9 Å². The van der Waals surface area contributed by atoms with Crippen molar-refractivity contribution in [3.05, 3.63) is 24.3 Å². The smallest absolute Gasteiger partial charge is 0.227 e. The van der Waals surface area contributed by atoms with Crippen LogP contribution in [-0.2, 0) is 9.59 Å². The fourth-order valence-corrected chi connectivity index (χ4v) is 5.41. The molecule has 3 aliphatic rings. The molecule has 5 rings (SSSR count). The molecule has 0 bridgehead atoms. The second-order valence-electron chi connectivity index (χ2n) is 8.14. The minimum absolute atomic E-state index is 0.0210. The van der Waals surface area contributed by atoms with Crippen molar-refractivity contribution in [2.24, 2.45) is 5.92 Å². The molecule has 0 radical (unpaired) electrons. The first-order chi connectivity index (χ1) is 13.7. The van der Waals surface area contributed by atoms with E-state index in [1.165, 1.54) is 4.70 Å². The molecule has 1 atom stereocenters. The Morgan fingerprint density at radius 1 is 1.07 bits per heavy atom. The monoisotopic (exact) mass is 398 g/mol. The summed E-state index contributed by atoms with van der Waals surface area (Å²) in [7, 11) is 0. The maximum atomic E-state index is 13.1. The molecule has 1 saturated carbocycles. The minimum Gasteiger partial charge on any atom is -0.346 e. The lowest BCUT2D eigenvalue weighted by atomic mass is 9.95. The molecule has 0 spiro atoms. The number of carbonyl (C=O) groups excluding carboxylic acids is 2. The third-order valence-electron chi connectivity index (χ3n) is 6.14. The van der Waals surface area contributed by atoms with Gasteiger partial charge in [-0.05, 0) is 37.8 Å². The number of hydrogen-bond donors (Lipinski definition) is 0. The summed E-state index contributed by atoms with van der Waals surface area (Å²) in [6.07, 6.45) is 4.40. The molecule has 7 heteroatoms. The predicted octanol–water partition coefficient (Wildman–Crippen LogP) is 2.74. The van der Waals surface area contributed by atoms with Gasteiger partial charge >= 0.3 is 0 Å². The lowest BCUT2D eigenvalue weighted by Crippen LogP contribution is -2.48. The first-order valence-electron chi connectivity index (χ1n) is 10.4. The summed E-state index contributed by atoms with van der Waals surface area (Å²) < 4.78 is 1.21. The summed E-state index contributed by atoms with van der Waals surface area (Å²) in [5.41, 5.74) is 1.05. The van der Waals surface area contributed by atoms with Crippen LogP contribution in [0.1, 0.15) is 32.1 Å². The van der Waals surface area contributed by atoms with Crippen LogP contribution in [0.2, 0.25) is 0 Å². The Morgan fingerprint density at radius 3 is 2.75 bits per heavy atom. The third-order valence-corrected chi connectivity index (χ3v) is 7.24. The topological polar surface area (TPSA) is 56.8 Å². The summed E-state index contributed by atoms with van der Waals surface area (Å²) >= 11 is 1.73. The molecule has 148 valence electrons. The van der Waals surface area contributed by atoms with Gasteiger partial charge in [0.05, 0.1) is 16.1 Å². The van der Waals surface area contributed by atoms with Crippen LogP contribution in [-0.4, -0.2) is 65.4 Å². The van der Waals surface area contributed by atoms with Crippen molar-refractivity contribution < 1.29 is 9.59 Å². The van der Waals surface area contributed by atoms with Crippen LogP contribution in [0.5, 0.6) is 0 Å². The number of likely N-dealkylation sites (tertiary alicyclic amines) is 1. The lowest BCUT2D eigenvalue weighted by Gasteiger charge is -2.34. The van der Waals surface area contributed by atoms with Gasteiger partial charge in [0, 0.05) is 45.2 Å². The normalized spacial score (nSPS) is 23.9. The van der Waals surface area contributed by atoms with Crippen molar-refractivity contribution in [1.82, 2.24) is 14.8 Å². The molecule has 2 amide bonds. The Hall–Kier alpha value is -2.15. The Bertz CT molecular complexity index is 860. The molecule has 6 nitrogen and oxygen atoms in total. The summed E-state index contributed by atoms with van der Waals surface area (Å²) in [6.45, 7) is 3.92. The van der Waals surface area contributed by atoms with E-state index in [0.29, 0.717) is 25.4 Å². The number of piperidine rings is 1. The van der Waals surface area contributed by atoms with Gasteiger partial charge in [-0.15, -0.1) is 0 Å². The van der Waals surface area contributed by atoms with Crippen molar-refractivity contribution in [3.8, 4) is 0 Å². The number of carbonyl (C=O) groups is 2. The molecule has 0 unspecified atom stereocenters. The highest BCUT2D eigenvalue weighted by molar-refractivity contribution is 7.22. The van der Waals surface area contributed by atoms with Gasteiger partial charge in [0.25, 0.3) is 0 Å². The molecule has 3 heterocycles. The largest absolute Gasteiger partial charge is 0.346 e. The van der Waals surface area contributed by atoms with Gasteiger partial charge in [-0.3, -0.25) is 9.59 Å². The zero-order valence-corrected chi connectivity index (χ0v) is 16.9. The van der Waals surface area contributed by atoms with Gasteiger partial charge < -0.3 is 14.7 Å². The number of anilines is 1. The second-order valence-corrected chi connectivity index (χ2v) is 9.15. The molecular weight excluding hydrogens is 372 g/mol. The number of aromatic nitrogens is 1. The fourth-order valence-electron chi connectivity index (χ4n) is 4.39. The average Bonchev–Trinajstić information content (AvgIpc) is 3.50. The number of benzene rings is 1. The average molecular weight is 399 g/mol. The van der Waals surface area contributed by atoms with Crippen LogP contribution < -0.4 is 4.90 Å². The van der Waals surface area contributed by atoms with Gasteiger partial charge in [-0.1, -0.05) is 23.5 Å². The van der Waals surface area contributed by atoms with Gasteiger partial charge in [-0.2, -0.15) is 0 Å². The molecule has 1 aliphatic carbocycles. The van der Waals surface area contributed by atoms with E-state index < -0.39 is 0 Å². The quantitative estimate of drug-likeness (QED) is 0.798. The zero-order chi connectivity index (χ0) is 19.1. The molecule has 2 aromatic rings. The van der Waals surface area contributed by atoms with E-state index >= 15 is 0 Å². The highest BCUT2D eigenvalue weighted by Crippen LogP contribution is 2.33. The van der Waals surface area contributed by atoms with Crippen molar-refractivity contribution >= 4 is 38.5 Å². The number of nitrogens with zero attached hydrogens (tertiary/aromatic N) is 4. The molecular formula is C21H26N4O2S. The third kappa shape index (κ3) is 3.48. The van der Waals surface area contributed by atoms with Crippen LogP contribution in [0, 0.1) is 5.92 Å². The Labute approximate surface area is 169 Å². The number of hydrogen-bond acceptors (Lipinski definition) is 5. The first kappa shape index (κ1) is 17.9. The number of rotatable bonds is 3. The molecule has 0 N–H and O–H groups in total. The molecule has 3 fully saturated rings. The van der Waals surface area contributed by atoms with Crippen molar-refractivity contribution in [2.45, 2.75) is 38.1 Å². The minimum atomic E-state index is -0.0210. The molecule has 1 aromatic heterocycles. The number of thiazole rings is 1. The summed E-state index contributed by atoms with van der Waals surface area (Å²) in [5.74, 6) is 0.459. The number of para-hydroxylation sites is 1. The second kappa shape index (κ2) is 7.35. The maximum Gasteiger partial charge on any atom is 0.227 e. The van der Waals surface area contributed by atoms with E-state index in [-0.39, 0.29) is 17.7 Å². The Kier molecular flexibility index (Phi) is 4.70. The van der Waals surface area contributed by atoms with Crippen LogP contribution in [0.25, 0.3) is 10.2 Å². The van der Waals surface area contributed by atoms with Crippen molar-refractivity contribution in [3.63, 3.8) is 0 Å². The predicted molar refractivity (Wildman–Crippen MR) is 110 cm³/mol. The molecule has 28 heavy (non-hydrogen) atoms. The van der Waals surface area contributed by atoms with Crippen LogP contribution >= 0.6 is 11.3 Å². The fraction of sp³-hybridized carbons (Fsp3) is 0.571. The SMILES string of the molecule is O=C([C@@H]1CCC(=O)N(C2CC2)C1)N1CCCN(c2nc3ccccc3s2)CC1. The highest BCUT2D eigenvalue weighted by atomic mass is 32.1. The summed E-state index contributed by atoms with van der Waals surface area (Å²) in [4.78, 5) is 36.4. The lowest BCUT2D eigenvalue weighted by molar-refractivity contribution is -0.143. The summed E-state index contributed by atoms with van der Waals surface area (Å²) in [5, 5.41) is 1.05. The molecule has 1 aromatic carbocycles. The van der Waals surface area contributed by atoms with Crippen LogP contribution in [0.3, 0.4) is 0 Å². The zero-order valence-electron chi connectivity index (χ0n) is 16.0. The van der Waals surface area contributed by atoms with E-state index in [2.05, 4.69) is 17.0 Å². The van der Waals surface area contributed by atoms with E-state index in [1.54, 1.807) is 11.3 Å². The first-order valence-corrected chi connectivity index (χ1v) is 11.2. The number of amides is 2. The van der Waals surface area contributed by atoms with Crippen LogP contribution in [0.15, 0.2) is 24.3 Å². The summed E-state index contributed by atoms with van der Waals surface area (Å²) in [6, 6.07) is 8.64. The standard InChI is InChI=1S/C21H26N4O2S/c26-19-9-6-15(14-25(19)16-7-8-16)20(27)23-10-3-11-24(13-12-23)21-22-17-4-1-2-5-18(17)28-21/h1-2,4-5,15-16H,3,6-14H2/t15-/m1/s1. The molecule has 2 aliphatic heterocycles. The maximum absolute atomic E-state index is 13.1. The van der Waals surface area contributed by atoms with Gasteiger partial charge in [0.1, 0.15) is 0 Å². The van der Waals surface area contributed by atoms with Crippen molar-refractivity contribution in [1.29, 1.82) is 0 Å². The van der Waals surface area contributed by atoms with Gasteiger partial charge in [0.15, 0.2) is 5.13 Å². The number of fused-ring (bicyclic) bond motifs is 1. The van der Waals surface area contributed by atoms with Gasteiger partial charge in [-0.25, -0.2) is 4.98 Å². The van der Waals surface area contributed by atoms with E-state index in [4.69, 9.17) is 4.98 Å². The Morgan fingerprint density at radius 2 is 1.93 bits per heavy atom. The van der Waals surface area contributed by atoms with Crippen LogP contribution in [0.4, 0.5) is 5.13 Å². The highest BCUT2D eigenvalue weighted by Gasteiger charge is 2.39. The molecule has 2 saturated heterocycles. The Balaban J connectivity index is 1.24. The van der Waals surface area contributed by atoms with Gasteiger partial charge in [0.2, 0.25) is 11.8 Å². The van der Waals surface area contributed by atoms with E-state index in [9.17, 15) is 9.59 Å². The van der Waals surface area contributed by atoms with Crippen molar-refractivity contribution in [2.75, 3.05) is 37.6 Å². The van der Waals surface area contributed by atoms with E-state index in [0.717, 1.165) is 56.1 Å².